The van der Waals surface area contributed by atoms with E-state index in [-0.39, 0.29) is 88.3 Å². The lowest BCUT2D eigenvalue weighted by Gasteiger charge is -2.17. The standard InChI is InChI=1S/C37H57N5O13/c1-6-32(44)39-12-16-54-20-18-52-14-10-35(47)55-31-8-7-29(22-25(2)21-26(3)37(49)50)23-30(31)42-34(46)24-40-36(48)27(4)41-33(45)9-13-51-17-19-53-15-11-38-28(5)43/h6-8,23,25-27H,1,9-22,24H2,2-5H3,(H,38,43)(H,39,44)(H,40,48)(H,41,45)(H,42,46)(H,49,50)/t25-,26?,27?/m1/s1. The lowest BCUT2D eigenvalue weighted by Crippen LogP contribution is -2.46. The first-order chi connectivity index (χ1) is 26.2. The minimum atomic E-state index is -0.953. The number of carboxylic acids is 1. The van der Waals surface area contributed by atoms with Crippen molar-refractivity contribution < 1.29 is 62.4 Å². The topological polar surface area (TPSA) is 246 Å². The Hall–Kier alpha value is -4.91. The van der Waals surface area contributed by atoms with Crippen molar-refractivity contribution in [3.63, 3.8) is 0 Å². The third-order valence-electron chi connectivity index (χ3n) is 7.52. The smallest absolute Gasteiger partial charge is 0.313 e. The number of carbonyl (C=O) groups is 7. The number of amides is 5. The van der Waals surface area contributed by atoms with Crippen LogP contribution in [0, 0.1) is 11.8 Å². The molecule has 18 nitrogen and oxygen atoms in total. The van der Waals surface area contributed by atoms with Gasteiger partial charge in [0.05, 0.1) is 77.4 Å². The van der Waals surface area contributed by atoms with Gasteiger partial charge in [0.1, 0.15) is 6.04 Å². The maximum absolute atomic E-state index is 12.9. The minimum Gasteiger partial charge on any atom is -0.481 e. The monoisotopic (exact) mass is 779 g/mol. The van der Waals surface area contributed by atoms with Crippen molar-refractivity contribution in [3.05, 3.63) is 36.4 Å². The maximum atomic E-state index is 12.9. The van der Waals surface area contributed by atoms with Crippen LogP contribution in [0.2, 0.25) is 0 Å². The number of rotatable bonds is 30. The first-order valence-corrected chi connectivity index (χ1v) is 18.1. The zero-order valence-electron chi connectivity index (χ0n) is 32.2. The van der Waals surface area contributed by atoms with Gasteiger partial charge in [0.15, 0.2) is 5.75 Å². The summed E-state index contributed by atoms with van der Waals surface area (Å²) in [4.78, 5) is 83.7. The third-order valence-corrected chi connectivity index (χ3v) is 7.52. The van der Waals surface area contributed by atoms with Crippen molar-refractivity contribution in [2.75, 3.05) is 77.8 Å². The summed E-state index contributed by atoms with van der Waals surface area (Å²) in [5.41, 5.74) is 0.923. The van der Waals surface area contributed by atoms with Crippen LogP contribution < -0.4 is 31.3 Å². The van der Waals surface area contributed by atoms with Crippen LogP contribution in [0.1, 0.15) is 52.5 Å². The van der Waals surface area contributed by atoms with Crippen molar-refractivity contribution in [1.29, 1.82) is 0 Å². The van der Waals surface area contributed by atoms with E-state index in [1.807, 2.05) is 6.92 Å². The maximum Gasteiger partial charge on any atom is 0.313 e. The number of hydrogen-bond acceptors (Lipinski definition) is 12. The van der Waals surface area contributed by atoms with E-state index in [1.54, 1.807) is 19.1 Å². The first kappa shape index (κ1) is 48.1. The van der Waals surface area contributed by atoms with Gasteiger partial charge in [0.25, 0.3) is 0 Å². The van der Waals surface area contributed by atoms with Gasteiger partial charge >= 0.3 is 11.9 Å². The van der Waals surface area contributed by atoms with Gasteiger partial charge < -0.3 is 55.4 Å². The number of carboxylic acid groups (broad SMARTS) is 1. The Morgan fingerprint density at radius 3 is 1.98 bits per heavy atom. The Morgan fingerprint density at radius 2 is 1.38 bits per heavy atom. The number of anilines is 1. The number of ether oxygens (including phenoxy) is 5. The number of benzene rings is 1. The summed E-state index contributed by atoms with van der Waals surface area (Å²) >= 11 is 0. The second-order valence-electron chi connectivity index (χ2n) is 12.6. The molecule has 0 aliphatic rings. The van der Waals surface area contributed by atoms with Gasteiger partial charge in [-0.2, -0.15) is 0 Å². The van der Waals surface area contributed by atoms with Crippen molar-refractivity contribution in [3.8, 4) is 5.75 Å². The Bertz CT molecular complexity index is 1410. The van der Waals surface area contributed by atoms with Crippen molar-refractivity contribution in [1.82, 2.24) is 21.3 Å². The van der Waals surface area contributed by atoms with Gasteiger partial charge in [-0.15, -0.1) is 0 Å². The first-order valence-electron chi connectivity index (χ1n) is 18.1. The van der Waals surface area contributed by atoms with Gasteiger partial charge in [-0.05, 0) is 49.5 Å². The van der Waals surface area contributed by atoms with Crippen LogP contribution in [0.4, 0.5) is 5.69 Å². The van der Waals surface area contributed by atoms with Crippen LogP contribution in [0.15, 0.2) is 30.9 Å². The van der Waals surface area contributed by atoms with Crippen LogP contribution in [0.5, 0.6) is 5.75 Å². The average molecular weight is 780 g/mol. The molecule has 0 radical (unpaired) electrons. The number of hydrogen-bond donors (Lipinski definition) is 6. The Morgan fingerprint density at radius 1 is 0.782 bits per heavy atom. The number of nitrogens with one attached hydrogen (secondary N) is 5. The molecule has 0 spiro atoms. The normalized spacial score (nSPS) is 12.4. The zero-order valence-corrected chi connectivity index (χ0v) is 32.2. The molecule has 0 saturated carbocycles. The average Bonchev–Trinajstić information content (AvgIpc) is 3.12. The van der Waals surface area contributed by atoms with E-state index in [0.717, 1.165) is 11.6 Å². The van der Waals surface area contributed by atoms with Gasteiger partial charge in [0.2, 0.25) is 29.5 Å². The summed E-state index contributed by atoms with van der Waals surface area (Å²) in [5, 5.41) is 22.1. The molecule has 2 unspecified atom stereocenters. The largest absolute Gasteiger partial charge is 0.481 e. The molecule has 1 aromatic rings. The van der Waals surface area contributed by atoms with Crippen LogP contribution >= 0.6 is 0 Å². The van der Waals surface area contributed by atoms with E-state index < -0.39 is 48.2 Å². The lowest BCUT2D eigenvalue weighted by molar-refractivity contribution is -0.141. The minimum absolute atomic E-state index is 0.00507. The molecule has 1 aromatic carbocycles. The fraction of sp³-hybridized carbons (Fsp3) is 0.595. The quantitative estimate of drug-likeness (QED) is 0.0273. The van der Waals surface area contributed by atoms with Crippen LogP contribution in [0.3, 0.4) is 0 Å². The van der Waals surface area contributed by atoms with E-state index in [9.17, 15) is 38.7 Å². The fourth-order valence-electron chi connectivity index (χ4n) is 4.73. The molecule has 0 saturated heterocycles. The van der Waals surface area contributed by atoms with E-state index in [1.165, 1.54) is 19.9 Å². The molecule has 0 aliphatic heterocycles. The molecular formula is C37H57N5O13. The van der Waals surface area contributed by atoms with Gasteiger partial charge in [-0.1, -0.05) is 26.5 Å². The summed E-state index contributed by atoms with van der Waals surface area (Å²) < 4.78 is 26.9. The molecule has 0 aromatic heterocycles. The predicted octanol–water partition coefficient (Wildman–Crippen LogP) is 0.726. The van der Waals surface area contributed by atoms with E-state index in [2.05, 4.69) is 33.2 Å². The molecule has 0 fully saturated rings. The zero-order chi connectivity index (χ0) is 41.0. The molecule has 55 heavy (non-hydrogen) atoms. The molecule has 18 heteroatoms. The fourth-order valence-corrected chi connectivity index (χ4v) is 4.73. The van der Waals surface area contributed by atoms with Gasteiger partial charge in [-0.25, -0.2) is 0 Å². The molecule has 6 N–H and O–H groups in total. The lowest BCUT2D eigenvalue weighted by atomic mass is 9.91. The highest BCUT2D eigenvalue weighted by atomic mass is 16.5. The number of esters is 1. The Kier molecular flexibility index (Phi) is 24.9. The second-order valence-corrected chi connectivity index (χ2v) is 12.6. The SMILES string of the molecule is C=CC(=O)NCCOCCOCCC(=O)Oc1ccc(C[C@H](C)CC(C)C(=O)O)cc1NC(=O)CNC(=O)C(C)NC(=O)CCOCCOCCNC(C)=O. The Labute approximate surface area is 321 Å². The summed E-state index contributed by atoms with van der Waals surface area (Å²) in [5.74, 6) is -4.14. The van der Waals surface area contributed by atoms with Crippen molar-refractivity contribution in [2.24, 2.45) is 11.8 Å². The highest BCUT2D eigenvalue weighted by Gasteiger charge is 2.20. The molecule has 0 bridgehead atoms. The number of aliphatic carboxylic acids is 1. The van der Waals surface area contributed by atoms with Crippen LogP contribution in [-0.4, -0.2) is 125 Å². The molecule has 308 valence electrons. The molecule has 1 rings (SSSR count). The second kappa shape index (κ2) is 28.5. The van der Waals surface area contributed by atoms with E-state index in [4.69, 9.17) is 23.7 Å². The van der Waals surface area contributed by atoms with Gasteiger partial charge in [-0.3, -0.25) is 33.6 Å². The third kappa shape index (κ3) is 24.2. The summed E-state index contributed by atoms with van der Waals surface area (Å²) in [6, 6.07) is 3.91. The number of carbonyl (C=O) groups excluding carboxylic acids is 6. The van der Waals surface area contributed by atoms with Gasteiger partial charge in [0, 0.05) is 26.4 Å². The molecule has 0 heterocycles. The van der Waals surface area contributed by atoms with Crippen molar-refractivity contribution in [2.45, 2.75) is 59.4 Å². The van der Waals surface area contributed by atoms with E-state index >= 15 is 0 Å². The highest BCUT2D eigenvalue weighted by Crippen LogP contribution is 2.28. The van der Waals surface area contributed by atoms with Crippen molar-refractivity contribution >= 4 is 47.2 Å². The summed E-state index contributed by atoms with van der Waals surface area (Å²) in [6.07, 6.45) is 1.96. The molecule has 5 amide bonds. The predicted molar refractivity (Wildman–Crippen MR) is 200 cm³/mol. The Balaban J connectivity index is 2.64. The van der Waals surface area contributed by atoms with Crippen LogP contribution in [-0.2, 0) is 58.9 Å². The summed E-state index contributed by atoms with van der Waals surface area (Å²) in [7, 11) is 0. The molecule has 0 aliphatic carbocycles. The summed E-state index contributed by atoms with van der Waals surface area (Å²) in [6.45, 7) is 11.8. The van der Waals surface area contributed by atoms with E-state index in [0.29, 0.717) is 32.5 Å². The molecular weight excluding hydrogens is 722 g/mol. The molecule has 3 atom stereocenters. The highest BCUT2D eigenvalue weighted by molar-refractivity contribution is 5.97. The van der Waals surface area contributed by atoms with Crippen LogP contribution in [0.25, 0.3) is 0 Å².